The van der Waals surface area contributed by atoms with Crippen LogP contribution in [0.5, 0.6) is 0 Å². The summed E-state index contributed by atoms with van der Waals surface area (Å²) in [5.41, 5.74) is 10.6. The summed E-state index contributed by atoms with van der Waals surface area (Å²) in [5, 5.41) is 0. The molecule has 1 aromatic rings. The fourth-order valence-corrected chi connectivity index (χ4v) is 3.36. The Bertz CT molecular complexity index is 425. The molecule has 1 aliphatic heterocycles. The molecule has 2 rings (SSSR count). The van der Waals surface area contributed by atoms with E-state index in [-0.39, 0.29) is 6.04 Å². The Balaban J connectivity index is 2.40. The van der Waals surface area contributed by atoms with Crippen molar-refractivity contribution < 1.29 is 0 Å². The Morgan fingerprint density at radius 1 is 1.21 bits per heavy atom. The summed E-state index contributed by atoms with van der Waals surface area (Å²) >= 11 is 0. The van der Waals surface area contributed by atoms with Gasteiger partial charge in [0.2, 0.25) is 0 Å². The topological polar surface area (TPSA) is 29.3 Å². The standard InChI is InChI=1S/C17H28N2/c1-12(2)19-10-6-5-7-16(18)17(19)15-9-8-13(3)11-14(15)4/h8-9,11-12,16-17H,5-7,10,18H2,1-4H3. The van der Waals surface area contributed by atoms with Crippen molar-refractivity contribution in [1.82, 2.24) is 4.90 Å². The van der Waals surface area contributed by atoms with Crippen LogP contribution < -0.4 is 5.73 Å². The van der Waals surface area contributed by atoms with Crippen LogP contribution in [0.15, 0.2) is 18.2 Å². The lowest BCUT2D eigenvalue weighted by molar-refractivity contribution is 0.143. The van der Waals surface area contributed by atoms with Crippen molar-refractivity contribution in [3.8, 4) is 0 Å². The molecule has 0 saturated carbocycles. The highest BCUT2D eigenvalue weighted by Crippen LogP contribution is 2.33. The van der Waals surface area contributed by atoms with Crippen LogP contribution in [0.25, 0.3) is 0 Å². The van der Waals surface area contributed by atoms with E-state index >= 15 is 0 Å². The zero-order chi connectivity index (χ0) is 14.0. The number of aryl methyl sites for hydroxylation is 2. The van der Waals surface area contributed by atoms with Gasteiger partial charge >= 0.3 is 0 Å². The third-order valence-corrected chi connectivity index (χ3v) is 4.37. The SMILES string of the molecule is Cc1ccc(C2C(N)CCCCN2C(C)C)c(C)c1. The van der Waals surface area contributed by atoms with Gasteiger partial charge in [0.25, 0.3) is 0 Å². The summed E-state index contributed by atoms with van der Waals surface area (Å²) in [7, 11) is 0. The summed E-state index contributed by atoms with van der Waals surface area (Å²) < 4.78 is 0. The first-order valence-corrected chi connectivity index (χ1v) is 7.59. The molecule has 0 spiro atoms. The number of benzene rings is 1. The van der Waals surface area contributed by atoms with Crippen LogP contribution in [0.4, 0.5) is 0 Å². The minimum atomic E-state index is 0.256. The number of likely N-dealkylation sites (tertiary alicyclic amines) is 1. The summed E-state index contributed by atoms with van der Waals surface area (Å²) in [6, 6.07) is 7.98. The van der Waals surface area contributed by atoms with Gasteiger partial charge in [0, 0.05) is 12.1 Å². The van der Waals surface area contributed by atoms with Crippen molar-refractivity contribution in [2.75, 3.05) is 6.54 Å². The Hall–Kier alpha value is -0.860. The second kappa shape index (κ2) is 6.06. The maximum Gasteiger partial charge on any atom is 0.0504 e. The highest BCUT2D eigenvalue weighted by atomic mass is 15.2. The van der Waals surface area contributed by atoms with E-state index in [4.69, 9.17) is 5.73 Å². The Morgan fingerprint density at radius 2 is 1.95 bits per heavy atom. The van der Waals surface area contributed by atoms with Crippen molar-refractivity contribution >= 4 is 0 Å². The molecule has 106 valence electrons. The van der Waals surface area contributed by atoms with Gasteiger partial charge in [-0.05, 0) is 58.2 Å². The lowest BCUT2D eigenvalue weighted by Gasteiger charge is -2.37. The molecule has 1 fully saturated rings. The van der Waals surface area contributed by atoms with Gasteiger partial charge in [-0.2, -0.15) is 0 Å². The molecule has 1 heterocycles. The van der Waals surface area contributed by atoms with E-state index < -0.39 is 0 Å². The summed E-state index contributed by atoms with van der Waals surface area (Å²) in [5.74, 6) is 0. The number of hydrogen-bond donors (Lipinski definition) is 1. The van der Waals surface area contributed by atoms with Gasteiger partial charge in [-0.1, -0.05) is 30.2 Å². The first-order chi connectivity index (χ1) is 9.00. The molecule has 19 heavy (non-hydrogen) atoms. The van der Waals surface area contributed by atoms with E-state index in [0.29, 0.717) is 12.1 Å². The third kappa shape index (κ3) is 3.18. The molecule has 1 aliphatic rings. The van der Waals surface area contributed by atoms with Gasteiger partial charge < -0.3 is 5.73 Å². The minimum Gasteiger partial charge on any atom is -0.326 e. The number of rotatable bonds is 2. The Morgan fingerprint density at radius 3 is 2.58 bits per heavy atom. The van der Waals surface area contributed by atoms with Crippen molar-refractivity contribution in [1.29, 1.82) is 0 Å². The van der Waals surface area contributed by atoms with E-state index in [1.807, 2.05) is 0 Å². The molecule has 2 nitrogen and oxygen atoms in total. The monoisotopic (exact) mass is 260 g/mol. The summed E-state index contributed by atoms with van der Waals surface area (Å²) in [4.78, 5) is 2.59. The molecule has 0 aliphatic carbocycles. The predicted octanol–water partition coefficient (Wildman–Crippen LogP) is 3.57. The largest absolute Gasteiger partial charge is 0.326 e. The average molecular weight is 260 g/mol. The molecule has 2 heteroatoms. The zero-order valence-electron chi connectivity index (χ0n) is 12.8. The fraction of sp³-hybridized carbons (Fsp3) is 0.647. The normalized spacial score (nSPS) is 25.6. The average Bonchev–Trinajstić information content (AvgIpc) is 2.52. The van der Waals surface area contributed by atoms with E-state index in [9.17, 15) is 0 Å². The quantitative estimate of drug-likeness (QED) is 0.881. The van der Waals surface area contributed by atoms with Crippen LogP contribution in [-0.4, -0.2) is 23.5 Å². The van der Waals surface area contributed by atoms with Crippen LogP contribution in [0.1, 0.15) is 55.8 Å². The van der Waals surface area contributed by atoms with Gasteiger partial charge in [0.15, 0.2) is 0 Å². The van der Waals surface area contributed by atoms with Crippen LogP contribution in [0.2, 0.25) is 0 Å². The van der Waals surface area contributed by atoms with Gasteiger partial charge in [0.1, 0.15) is 0 Å². The first-order valence-electron chi connectivity index (χ1n) is 7.59. The molecule has 0 bridgehead atoms. The molecule has 2 N–H and O–H groups in total. The second-order valence-corrected chi connectivity index (χ2v) is 6.30. The Labute approximate surface area is 118 Å². The van der Waals surface area contributed by atoms with E-state index in [1.54, 1.807) is 0 Å². The molecular weight excluding hydrogens is 232 g/mol. The molecule has 1 saturated heterocycles. The number of nitrogens with two attached hydrogens (primary N) is 1. The van der Waals surface area contributed by atoms with Crippen LogP contribution >= 0.6 is 0 Å². The lowest BCUT2D eigenvalue weighted by Crippen LogP contribution is -2.43. The molecule has 2 atom stereocenters. The molecule has 0 aromatic heterocycles. The lowest BCUT2D eigenvalue weighted by atomic mass is 9.91. The van der Waals surface area contributed by atoms with Gasteiger partial charge in [0.05, 0.1) is 6.04 Å². The van der Waals surface area contributed by atoms with Gasteiger partial charge in [-0.15, -0.1) is 0 Å². The molecule has 2 unspecified atom stereocenters. The minimum absolute atomic E-state index is 0.256. The number of nitrogens with zero attached hydrogens (tertiary/aromatic N) is 1. The molecule has 0 radical (unpaired) electrons. The third-order valence-electron chi connectivity index (χ3n) is 4.37. The summed E-state index contributed by atoms with van der Waals surface area (Å²) in [6.45, 7) is 10.1. The highest BCUT2D eigenvalue weighted by Gasteiger charge is 2.31. The smallest absolute Gasteiger partial charge is 0.0504 e. The van der Waals surface area contributed by atoms with Crippen molar-refractivity contribution in [2.24, 2.45) is 5.73 Å². The van der Waals surface area contributed by atoms with E-state index in [1.165, 1.54) is 36.1 Å². The molecule has 0 amide bonds. The van der Waals surface area contributed by atoms with Crippen LogP contribution in [0, 0.1) is 13.8 Å². The van der Waals surface area contributed by atoms with Crippen LogP contribution in [-0.2, 0) is 0 Å². The highest BCUT2D eigenvalue weighted by molar-refractivity contribution is 5.34. The molecule has 1 aromatic carbocycles. The van der Waals surface area contributed by atoms with Crippen molar-refractivity contribution in [2.45, 2.75) is 65.1 Å². The first kappa shape index (κ1) is 14.5. The number of hydrogen-bond acceptors (Lipinski definition) is 2. The van der Waals surface area contributed by atoms with Crippen molar-refractivity contribution in [3.63, 3.8) is 0 Å². The fourth-order valence-electron chi connectivity index (χ4n) is 3.36. The maximum absolute atomic E-state index is 6.50. The maximum atomic E-state index is 6.50. The zero-order valence-corrected chi connectivity index (χ0v) is 12.8. The second-order valence-electron chi connectivity index (χ2n) is 6.30. The van der Waals surface area contributed by atoms with Gasteiger partial charge in [-0.3, -0.25) is 4.90 Å². The van der Waals surface area contributed by atoms with Crippen LogP contribution in [0.3, 0.4) is 0 Å². The van der Waals surface area contributed by atoms with Gasteiger partial charge in [-0.25, -0.2) is 0 Å². The van der Waals surface area contributed by atoms with Crippen molar-refractivity contribution in [3.05, 3.63) is 34.9 Å². The van der Waals surface area contributed by atoms with E-state index in [2.05, 4.69) is 50.8 Å². The predicted molar refractivity (Wildman–Crippen MR) is 82.3 cm³/mol. The molecular formula is C17H28N2. The summed E-state index contributed by atoms with van der Waals surface area (Å²) in [6.07, 6.45) is 3.67. The van der Waals surface area contributed by atoms with E-state index in [0.717, 1.165) is 6.42 Å². The Kier molecular flexibility index (Phi) is 4.64.